The number of aliphatic hydroxyl groups excluding tert-OH is 1. The second-order valence-electron chi connectivity index (χ2n) is 8.85. The predicted octanol–water partition coefficient (Wildman–Crippen LogP) is 5.27. The molecule has 0 aliphatic heterocycles. The molecule has 3 aromatic rings. The molecule has 39 heavy (non-hydrogen) atoms. The number of halogens is 6. The summed E-state index contributed by atoms with van der Waals surface area (Å²) in [6.45, 7) is 0.712. The van der Waals surface area contributed by atoms with Gasteiger partial charge in [-0.05, 0) is 41.8 Å². The van der Waals surface area contributed by atoms with E-state index in [0.717, 1.165) is 0 Å². The lowest BCUT2D eigenvalue weighted by atomic mass is 9.80. The fourth-order valence-corrected chi connectivity index (χ4v) is 4.28. The van der Waals surface area contributed by atoms with Crippen LogP contribution in [0.15, 0.2) is 78.9 Å². The van der Waals surface area contributed by atoms with E-state index in [4.69, 9.17) is 9.84 Å². The summed E-state index contributed by atoms with van der Waals surface area (Å²) in [5.74, 6) is -0.418. The molecule has 3 aromatic carbocycles. The van der Waals surface area contributed by atoms with Gasteiger partial charge in [0.1, 0.15) is 5.60 Å². The van der Waals surface area contributed by atoms with Gasteiger partial charge in [-0.3, -0.25) is 4.79 Å². The number of benzene rings is 3. The van der Waals surface area contributed by atoms with Gasteiger partial charge in [0.05, 0.1) is 30.9 Å². The first-order valence-electron chi connectivity index (χ1n) is 12.0. The van der Waals surface area contributed by atoms with Crippen LogP contribution in [0.3, 0.4) is 0 Å². The molecule has 0 heterocycles. The fraction of sp³-hybridized carbons (Fsp3) is 0.321. The van der Waals surface area contributed by atoms with Crippen molar-refractivity contribution >= 4 is 5.91 Å². The Balaban J connectivity index is 2.08. The van der Waals surface area contributed by atoms with Crippen LogP contribution in [0.25, 0.3) is 0 Å². The van der Waals surface area contributed by atoms with E-state index in [0.29, 0.717) is 23.3 Å². The van der Waals surface area contributed by atoms with Gasteiger partial charge >= 0.3 is 12.4 Å². The third kappa shape index (κ3) is 7.59. The van der Waals surface area contributed by atoms with Gasteiger partial charge in [-0.2, -0.15) is 26.3 Å². The fourth-order valence-electron chi connectivity index (χ4n) is 4.28. The minimum Gasteiger partial charge on any atom is -0.395 e. The highest BCUT2D eigenvalue weighted by molar-refractivity contribution is 5.78. The van der Waals surface area contributed by atoms with Gasteiger partial charge in [-0.1, -0.05) is 60.7 Å². The van der Waals surface area contributed by atoms with Crippen LogP contribution in [-0.4, -0.2) is 36.8 Å². The largest absolute Gasteiger partial charge is 0.416 e. The Bertz CT molecular complexity index is 1150. The average Bonchev–Trinajstić information content (AvgIpc) is 2.91. The van der Waals surface area contributed by atoms with E-state index in [1.54, 1.807) is 67.6 Å². The molecule has 0 radical (unpaired) electrons. The quantitative estimate of drug-likeness (QED) is 0.283. The molecule has 1 unspecified atom stereocenters. The topological polar surface area (TPSA) is 70.6 Å². The molecular formula is C28H28F6N2O3. The van der Waals surface area contributed by atoms with E-state index in [9.17, 15) is 31.1 Å². The number of ether oxygens (including phenoxy) is 1. The van der Waals surface area contributed by atoms with Crippen molar-refractivity contribution < 1.29 is 41.0 Å². The van der Waals surface area contributed by atoms with Crippen molar-refractivity contribution in [2.45, 2.75) is 37.5 Å². The number of amides is 1. The maximum atomic E-state index is 13.5. The molecule has 5 nitrogen and oxygen atoms in total. The van der Waals surface area contributed by atoms with Crippen LogP contribution in [0.5, 0.6) is 0 Å². The smallest absolute Gasteiger partial charge is 0.395 e. The van der Waals surface area contributed by atoms with E-state index in [1.807, 2.05) is 0 Å². The molecule has 0 aromatic heterocycles. The summed E-state index contributed by atoms with van der Waals surface area (Å²) in [7, 11) is 0. The molecule has 210 valence electrons. The Hall–Kier alpha value is -3.41. The Morgan fingerprint density at radius 2 is 1.31 bits per heavy atom. The molecule has 0 aliphatic rings. The van der Waals surface area contributed by atoms with Crippen molar-refractivity contribution in [1.29, 1.82) is 0 Å². The van der Waals surface area contributed by atoms with E-state index in [1.165, 1.54) is 0 Å². The number of hydrogen-bond acceptors (Lipinski definition) is 4. The Labute approximate surface area is 221 Å². The monoisotopic (exact) mass is 554 g/mol. The molecule has 0 aliphatic carbocycles. The van der Waals surface area contributed by atoms with E-state index >= 15 is 0 Å². The highest BCUT2D eigenvalue weighted by Crippen LogP contribution is 2.40. The number of aliphatic hydroxyl groups is 1. The van der Waals surface area contributed by atoms with Crippen molar-refractivity contribution in [2.24, 2.45) is 0 Å². The molecule has 0 saturated carbocycles. The number of nitrogens with one attached hydrogen (secondary N) is 2. The summed E-state index contributed by atoms with van der Waals surface area (Å²) in [6, 6.07) is 18.0. The Morgan fingerprint density at radius 1 is 0.821 bits per heavy atom. The Morgan fingerprint density at radius 3 is 1.74 bits per heavy atom. The lowest BCUT2D eigenvalue weighted by Gasteiger charge is -2.41. The minimum atomic E-state index is -5.00. The van der Waals surface area contributed by atoms with E-state index in [2.05, 4.69) is 10.6 Å². The molecule has 0 saturated heterocycles. The summed E-state index contributed by atoms with van der Waals surface area (Å²) in [5.41, 5.74) is -3.49. The standard InChI is InChI=1S/C28H28F6N2O3/c1-19(36-17-25(38)35-12-13-37)26(21-8-4-2-5-9-21,22-10-6-3-7-11-22)39-18-20-14-23(27(29,30)31)16-24(15-20)28(32,33)34/h2-11,14-16,19,36-37H,12-13,17-18H2,1H3,(H,35,38). The zero-order chi connectivity index (χ0) is 28.7. The lowest BCUT2D eigenvalue weighted by Crippen LogP contribution is -2.51. The summed E-state index contributed by atoms with van der Waals surface area (Å²) >= 11 is 0. The summed E-state index contributed by atoms with van der Waals surface area (Å²) in [4.78, 5) is 12.2. The lowest BCUT2D eigenvalue weighted by molar-refractivity contribution is -0.143. The van der Waals surface area contributed by atoms with Gasteiger partial charge in [0.15, 0.2) is 0 Å². The molecule has 11 heteroatoms. The van der Waals surface area contributed by atoms with Crippen LogP contribution >= 0.6 is 0 Å². The van der Waals surface area contributed by atoms with Crippen molar-refractivity contribution in [2.75, 3.05) is 19.7 Å². The molecule has 3 rings (SSSR count). The normalized spacial score (nSPS) is 13.2. The third-order valence-corrected chi connectivity index (χ3v) is 6.13. The van der Waals surface area contributed by atoms with Crippen LogP contribution in [0.2, 0.25) is 0 Å². The first kappa shape index (κ1) is 30.1. The van der Waals surface area contributed by atoms with E-state index in [-0.39, 0.29) is 31.3 Å². The van der Waals surface area contributed by atoms with Crippen molar-refractivity contribution in [3.63, 3.8) is 0 Å². The molecular weight excluding hydrogens is 526 g/mol. The van der Waals surface area contributed by atoms with Gasteiger partial charge in [-0.25, -0.2) is 0 Å². The van der Waals surface area contributed by atoms with Gasteiger partial charge in [0.2, 0.25) is 5.91 Å². The second-order valence-corrected chi connectivity index (χ2v) is 8.85. The Kier molecular flexibility index (Phi) is 9.76. The number of rotatable bonds is 11. The minimum absolute atomic E-state index is 0.0466. The molecule has 0 fully saturated rings. The zero-order valence-corrected chi connectivity index (χ0v) is 20.9. The van der Waals surface area contributed by atoms with Crippen molar-refractivity contribution in [3.8, 4) is 0 Å². The average molecular weight is 555 g/mol. The maximum absolute atomic E-state index is 13.5. The molecule has 3 N–H and O–H groups in total. The summed E-state index contributed by atoms with van der Waals surface area (Å²) in [5, 5.41) is 14.5. The highest BCUT2D eigenvalue weighted by atomic mass is 19.4. The molecule has 0 spiro atoms. The van der Waals surface area contributed by atoms with Crippen LogP contribution < -0.4 is 10.6 Å². The van der Waals surface area contributed by atoms with Crippen LogP contribution in [0, 0.1) is 0 Å². The van der Waals surface area contributed by atoms with E-state index < -0.39 is 47.6 Å². The first-order chi connectivity index (χ1) is 18.4. The molecule has 1 atom stereocenters. The highest BCUT2D eigenvalue weighted by Gasteiger charge is 2.42. The molecule has 0 bridgehead atoms. The second kappa shape index (κ2) is 12.6. The van der Waals surface area contributed by atoms with Crippen LogP contribution in [-0.2, 0) is 34.1 Å². The van der Waals surface area contributed by atoms with Gasteiger partial charge in [0, 0.05) is 12.6 Å². The predicted molar refractivity (Wildman–Crippen MR) is 132 cm³/mol. The number of hydrogen-bond donors (Lipinski definition) is 3. The maximum Gasteiger partial charge on any atom is 0.416 e. The van der Waals surface area contributed by atoms with Crippen molar-refractivity contribution in [3.05, 3.63) is 107 Å². The van der Waals surface area contributed by atoms with Crippen LogP contribution in [0.1, 0.15) is 34.7 Å². The van der Waals surface area contributed by atoms with Crippen LogP contribution in [0.4, 0.5) is 26.3 Å². The number of carbonyl (C=O) groups excluding carboxylic acids is 1. The van der Waals surface area contributed by atoms with Gasteiger partial charge in [0.25, 0.3) is 0 Å². The van der Waals surface area contributed by atoms with Gasteiger partial charge < -0.3 is 20.5 Å². The third-order valence-electron chi connectivity index (χ3n) is 6.13. The number of carbonyl (C=O) groups is 1. The summed E-state index contributed by atoms with van der Waals surface area (Å²) < 4.78 is 87.1. The SMILES string of the molecule is CC(NCC(=O)NCCO)C(OCc1cc(C(F)(F)F)cc(C(F)(F)F)c1)(c1ccccc1)c1ccccc1. The molecule has 1 amide bonds. The first-order valence-corrected chi connectivity index (χ1v) is 12.0. The summed E-state index contributed by atoms with van der Waals surface area (Å²) in [6.07, 6.45) is -9.99. The number of alkyl halides is 6. The van der Waals surface area contributed by atoms with Gasteiger partial charge in [-0.15, -0.1) is 0 Å². The van der Waals surface area contributed by atoms with Crippen molar-refractivity contribution in [1.82, 2.24) is 10.6 Å². The zero-order valence-electron chi connectivity index (χ0n) is 20.9.